The van der Waals surface area contributed by atoms with E-state index in [1.807, 2.05) is 19.9 Å². The number of hydrogen-bond donors (Lipinski definition) is 1. The average molecular weight is 671 g/mol. The van der Waals surface area contributed by atoms with Crippen LogP contribution in [0.4, 0.5) is 5.69 Å². The Kier molecular flexibility index (Phi) is 9.56. The molecule has 0 aliphatic heterocycles. The lowest BCUT2D eigenvalue weighted by Crippen LogP contribution is -2.31. The SMILES string of the molecule is CCCCC(Oc1c(I)cc(I)c(N(CC)C(C)=O)c1I)C(=O)O. The summed E-state index contributed by atoms with van der Waals surface area (Å²) in [7, 11) is 0. The van der Waals surface area contributed by atoms with E-state index >= 15 is 0 Å². The Labute approximate surface area is 183 Å². The molecule has 0 saturated carbocycles. The number of ether oxygens (including phenoxy) is 1. The van der Waals surface area contributed by atoms with Gasteiger partial charge in [-0.1, -0.05) is 13.3 Å². The highest BCUT2D eigenvalue weighted by Crippen LogP contribution is 2.39. The Bertz CT molecular complexity index is 622. The maximum atomic E-state index is 11.9. The van der Waals surface area contributed by atoms with Gasteiger partial charge in [-0.2, -0.15) is 0 Å². The Balaban J connectivity index is 3.33. The Morgan fingerprint density at radius 2 is 1.88 bits per heavy atom. The van der Waals surface area contributed by atoms with Gasteiger partial charge in [0.2, 0.25) is 5.91 Å². The number of nitrogens with zero attached hydrogens (tertiary/aromatic N) is 1. The van der Waals surface area contributed by atoms with Crippen LogP contribution < -0.4 is 9.64 Å². The predicted molar refractivity (Wildman–Crippen MR) is 120 cm³/mol. The molecule has 0 radical (unpaired) electrons. The van der Waals surface area contributed by atoms with E-state index in [2.05, 4.69) is 67.8 Å². The van der Waals surface area contributed by atoms with Gasteiger partial charge in [0.1, 0.15) is 5.75 Å². The lowest BCUT2D eigenvalue weighted by molar-refractivity contribution is -0.145. The van der Waals surface area contributed by atoms with Crippen LogP contribution in [-0.2, 0) is 9.59 Å². The number of amides is 1. The van der Waals surface area contributed by atoms with Crippen LogP contribution in [0.15, 0.2) is 6.07 Å². The minimum absolute atomic E-state index is 0.0544. The maximum Gasteiger partial charge on any atom is 0.344 e. The van der Waals surface area contributed by atoms with Gasteiger partial charge in [0.25, 0.3) is 0 Å². The number of benzene rings is 1. The second-order valence-corrected chi connectivity index (χ2v) is 8.59. The Morgan fingerprint density at radius 3 is 2.33 bits per heavy atom. The highest BCUT2D eigenvalue weighted by atomic mass is 127. The lowest BCUT2D eigenvalue weighted by atomic mass is 10.1. The molecule has 1 aromatic rings. The minimum Gasteiger partial charge on any atom is -0.479 e. The van der Waals surface area contributed by atoms with Crippen molar-refractivity contribution in [1.29, 1.82) is 0 Å². The van der Waals surface area contributed by atoms with Gasteiger partial charge in [0.15, 0.2) is 6.10 Å². The van der Waals surface area contributed by atoms with Gasteiger partial charge < -0.3 is 14.7 Å². The number of carbonyl (C=O) groups is 2. The third kappa shape index (κ3) is 5.58. The van der Waals surface area contributed by atoms with Gasteiger partial charge in [-0.15, -0.1) is 0 Å². The van der Waals surface area contributed by atoms with Crippen molar-refractivity contribution < 1.29 is 19.4 Å². The standard InChI is InChI=1S/C16H20I3NO4/c1-4-6-7-12(16(22)23)24-15-11(18)8-10(17)14(13(15)19)20(5-2)9(3)21/h8,12H,4-7H2,1-3H3,(H,22,23). The van der Waals surface area contributed by atoms with Crippen molar-refractivity contribution in [3.8, 4) is 5.75 Å². The number of carboxylic acids is 1. The van der Waals surface area contributed by atoms with Crippen molar-refractivity contribution in [3.63, 3.8) is 0 Å². The summed E-state index contributed by atoms with van der Waals surface area (Å²) in [5.41, 5.74) is 0.779. The smallest absolute Gasteiger partial charge is 0.344 e. The van der Waals surface area contributed by atoms with Gasteiger partial charge in [-0.25, -0.2) is 4.79 Å². The number of carbonyl (C=O) groups excluding carboxylic acids is 1. The third-order valence-corrected chi connectivity index (χ3v) is 6.05. The molecule has 5 nitrogen and oxygen atoms in total. The molecule has 0 bridgehead atoms. The normalized spacial score (nSPS) is 11.9. The third-order valence-electron chi connectivity index (χ3n) is 3.43. The van der Waals surface area contributed by atoms with Crippen LogP contribution in [-0.4, -0.2) is 29.6 Å². The summed E-state index contributed by atoms with van der Waals surface area (Å²) in [5.74, 6) is -0.481. The van der Waals surface area contributed by atoms with E-state index in [0.717, 1.165) is 29.2 Å². The molecule has 1 aromatic carbocycles. The van der Waals surface area contributed by atoms with Crippen molar-refractivity contribution in [2.24, 2.45) is 0 Å². The van der Waals surface area contributed by atoms with Gasteiger partial charge in [-0.3, -0.25) is 4.79 Å². The molecule has 0 spiro atoms. The van der Waals surface area contributed by atoms with Crippen LogP contribution in [0.1, 0.15) is 40.0 Å². The number of rotatable bonds is 8. The quantitative estimate of drug-likeness (QED) is 0.400. The number of hydrogen-bond acceptors (Lipinski definition) is 3. The van der Waals surface area contributed by atoms with Gasteiger partial charge in [0.05, 0.1) is 12.8 Å². The fraction of sp³-hybridized carbons (Fsp3) is 0.500. The second-order valence-electron chi connectivity index (χ2n) is 5.18. The molecule has 0 aliphatic rings. The van der Waals surface area contributed by atoms with Crippen LogP contribution in [0.5, 0.6) is 5.75 Å². The largest absolute Gasteiger partial charge is 0.479 e. The highest BCUT2D eigenvalue weighted by Gasteiger charge is 2.26. The van der Waals surface area contributed by atoms with E-state index in [0.29, 0.717) is 18.7 Å². The van der Waals surface area contributed by atoms with Crippen LogP contribution in [0.25, 0.3) is 0 Å². The molecule has 0 aliphatic carbocycles. The van der Waals surface area contributed by atoms with Crippen molar-refractivity contribution in [3.05, 3.63) is 16.8 Å². The summed E-state index contributed by atoms with van der Waals surface area (Å²) >= 11 is 6.48. The van der Waals surface area contributed by atoms with Crippen molar-refractivity contribution in [1.82, 2.24) is 0 Å². The van der Waals surface area contributed by atoms with Crippen LogP contribution in [0.2, 0.25) is 0 Å². The molecule has 0 heterocycles. The van der Waals surface area contributed by atoms with Gasteiger partial charge in [0, 0.05) is 17.0 Å². The highest BCUT2D eigenvalue weighted by molar-refractivity contribution is 14.1. The summed E-state index contributed by atoms with van der Waals surface area (Å²) in [6.07, 6.45) is 1.28. The molecule has 1 atom stereocenters. The molecule has 24 heavy (non-hydrogen) atoms. The molecule has 1 N–H and O–H groups in total. The van der Waals surface area contributed by atoms with Crippen molar-refractivity contribution in [2.45, 2.75) is 46.1 Å². The van der Waals surface area contributed by atoms with Crippen molar-refractivity contribution >= 4 is 85.3 Å². The van der Waals surface area contributed by atoms with E-state index in [1.54, 1.807) is 4.90 Å². The number of halogens is 3. The number of aliphatic carboxylic acids is 1. The first-order chi connectivity index (χ1) is 11.2. The van der Waals surface area contributed by atoms with Gasteiger partial charge >= 0.3 is 5.97 Å². The fourth-order valence-corrected chi connectivity index (χ4v) is 6.43. The summed E-state index contributed by atoms with van der Waals surface area (Å²) in [5, 5.41) is 9.41. The summed E-state index contributed by atoms with van der Waals surface area (Å²) in [6, 6.07) is 1.91. The van der Waals surface area contributed by atoms with E-state index in [-0.39, 0.29) is 5.91 Å². The zero-order chi connectivity index (χ0) is 18.4. The molecule has 0 fully saturated rings. The monoisotopic (exact) mass is 671 g/mol. The molecule has 8 heteroatoms. The predicted octanol–water partition coefficient (Wildman–Crippen LogP) is 4.90. The summed E-state index contributed by atoms with van der Waals surface area (Å²) < 4.78 is 8.40. The maximum absolute atomic E-state index is 11.9. The molecule has 1 rings (SSSR count). The molecule has 134 valence electrons. The molecule has 1 amide bonds. The van der Waals surface area contributed by atoms with E-state index in [1.165, 1.54) is 6.92 Å². The van der Waals surface area contributed by atoms with E-state index < -0.39 is 12.1 Å². The Hall–Kier alpha value is 0.150. The van der Waals surface area contributed by atoms with Crippen LogP contribution in [0, 0.1) is 10.7 Å². The molecule has 0 aromatic heterocycles. The van der Waals surface area contributed by atoms with Crippen LogP contribution in [0.3, 0.4) is 0 Å². The summed E-state index contributed by atoms with van der Waals surface area (Å²) in [4.78, 5) is 25.1. The van der Waals surface area contributed by atoms with E-state index in [9.17, 15) is 14.7 Å². The lowest BCUT2D eigenvalue weighted by Gasteiger charge is -2.25. The Morgan fingerprint density at radius 1 is 1.25 bits per heavy atom. The number of unbranched alkanes of at least 4 members (excludes halogenated alkanes) is 1. The molecule has 0 saturated heterocycles. The molecule has 1 unspecified atom stereocenters. The topological polar surface area (TPSA) is 66.8 Å². The molecular formula is C16H20I3NO4. The zero-order valence-electron chi connectivity index (χ0n) is 13.7. The first-order valence-electron chi connectivity index (χ1n) is 7.59. The first kappa shape index (κ1) is 22.2. The molecular weight excluding hydrogens is 651 g/mol. The zero-order valence-corrected chi connectivity index (χ0v) is 20.2. The summed E-state index contributed by atoms with van der Waals surface area (Å²) in [6.45, 7) is 5.99. The fourth-order valence-electron chi connectivity index (χ4n) is 2.22. The van der Waals surface area contributed by atoms with Crippen LogP contribution >= 0.6 is 67.8 Å². The van der Waals surface area contributed by atoms with Gasteiger partial charge in [-0.05, 0) is 93.6 Å². The van der Waals surface area contributed by atoms with E-state index in [4.69, 9.17) is 4.74 Å². The second kappa shape index (κ2) is 10.3. The average Bonchev–Trinajstić information content (AvgIpc) is 2.49. The minimum atomic E-state index is -0.964. The number of anilines is 1. The van der Waals surface area contributed by atoms with Crippen molar-refractivity contribution in [2.75, 3.05) is 11.4 Å². The number of carboxylic acid groups (broad SMARTS) is 1. The first-order valence-corrected chi connectivity index (χ1v) is 10.8.